The molecule has 94 valence electrons. The second-order valence-electron chi connectivity index (χ2n) is 4.43. The summed E-state index contributed by atoms with van der Waals surface area (Å²) in [5, 5.41) is 10.8. The quantitative estimate of drug-likeness (QED) is 0.934. The summed E-state index contributed by atoms with van der Waals surface area (Å²) in [5.41, 5.74) is 1.14. The smallest absolute Gasteiger partial charge is 0.0935 e. The number of hydrogen-bond donors (Lipinski definition) is 1. The Morgan fingerprint density at radius 3 is 2.72 bits per heavy atom. The fourth-order valence-corrected chi connectivity index (χ4v) is 2.45. The third-order valence-corrected chi connectivity index (χ3v) is 3.66. The largest absolute Gasteiger partial charge is 0.385 e. The third kappa shape index (κ3) is 2.98. The summed E-state index contributed by atoms with van der Waals surface area (Å²) >= 11 is 3.45. The molecule has 18 heavy (non-hydrogen) atoms. The molecule has 0 saturated heterocycles. The van der Waals surface area contributed by atoms with Gasteiger partial charge < -0.3 is 5.11 Å². The van der Waals surface area contributed by atoms with Gasteiger partial charge in [0, 0.05) is 23.3 Å². The fourth-order valence-electron chi connectivity index (χ4n) is 2.05. The molecule has 0 fully saturated rings. The van der Waals surface area contributed by atoms with Crippen LogP contribution in [0, 0.1) is 0 Å². The van der Waals surface area contributed by atoms with Crippen molar-refractivity contribution >= 4 is 15.9 Å². The Labute approximate surface area is 116 Å². The molecule has 0 aliphatic heterocycles. The van der Waals surface area contributed by atoms with Gasteiger partial charge in [0.2, 0.25) is 0 Å². The number of rotatable bonds is 4. The molecular formula is C15H16BrNO. The number of aromatic nitrogens is 1. The Balaban J connectivity index is 2.31. The van der Waals surface area contributed by atoms with Gasteiger partial charge in [0.1, 0.15) is 0 Å². The highest BCUT2D eigenvalue weighted by Gasteiger charge is 2.27. The first-order valence-corrected chi connectivity index (χ1v) is 6.81. The van der Waals surface area contributed by atoms with Crippen LogP contribution in [0.1, 0.15) is 24.5 Å². The van der Waals surface area contributed by atoms with Crippen LogP contribution in [-0.2, 0) is 12.0 Å². The predicted molar refractivity (Wildman–Crippen MR) is 76.3 cm³/mol. The van der Waals surface area contributed by atoms with Gasteiger partial charge >= 0.3 is 0 Å². The number of hydrogen-bond acceptors (Lipinski definition) is 2. The molecule has 1 aromatic carbocycles. The van der Waals surface area contributed by atoms with Gasteiger partial charge in [-0.25, -0.2) is 0 Å². The van der Waals surface area contributed by atoms with Crippen molar-refractivity contribution in [1.29, 1.82) is 0 Å². The van der Waals surface area contributed by atoms with Crippen LogP contribution in [0.5, 0.6) is 0 Å². The van der Waals surface area contributed by atoms with E-state index in [2.05, 4.69) is 20.9 Å². The van der Waals surface area contributed by atoms with Crippen LogP contribution >= 0.6 is 15.9 Å². The van der Waals surface area contributed by atoms with Crippen molar-refractivity contribution in [2.45, 2.75) is 25.4 Å². The van der Waals surface area contributed by atoms with E-state index in [1.165, 1.54) is 0 Å². The SMILES string of the molecule is CCC(O)(Cc1cccnc1)c1cccc(Br)c1. The van der Waals surface area contributed by atoms with Crippen LogP contribution in [0.3, 0.4) is 0 Å². The minimum atomic E-state index is -0.840. The summed E-state index contributed by atoms with van der Waals surface area (Å²) in [6.07, 6.45) is 4.79. The molecule has 1 atom stereocenters. The van der Waals surface area contributed by atoms with E-state index >= 15 is 0 Å². The van der Waals surface area contributed by atoms with Gasteiger partial charge in [0.15, 0.2) is 0 Å². The predicted octanol–water partition coefficient (Wildman–Crippen LogP) is 3.68. The molecule has 0 radical (unpaired) electrons. The Bertz CT molecular complexity index is 515. The highest BCUT2D eigenvalue weighted by Crippen LogP contribution is 2.30. The molecule has 2 nitrogen and oxygen atoms in total. The maximum atomic E-state index is 10.8. The van der Waals surface area contributed by atoms with Crippen LogP contribution < -0.4 is 0 Å². The lowest BCUT2D eigenvalue weighted by Crippen LogP contribution is -2.27. The summed E-state index contributed by atoms with van der Waals surface area (Å²) in [6, 6.07) is 11.7. The fraction of sp³-hybridized carbons (Fsp3) is 0.267. The Morgan fingerprint density at radius 1 is 1.28 bits per heavy atom. The Kier molecular flexibility index (Phi) is 4.15. The molecular weight excluding hydrogens is 290 g/mol. The highest BCUT2D eigenvalue weighted by molar-refractivity contribution is 9.10. The minimum absolute atomic E-state index is 0.577. The van der Waals surface area contributed by atoms with Gasteiger partial charge in [-0.15, -0.1) is 0 Å². The van der Waals surface area contributed by atoms with Crippen molar-refractivity contribution in [1.82, 2.24) is 4.98 Å². The summed E-state index contributed by atoms with van der Waals surface area (Å²) in [4.78, 5) is 4.09. The van der Waals surface area contributed by atoms with Gasteiger partial charge in [0.05, 0.1) is 5.60 Å². The topological polar surface area (TPSA) is 33.1 Å². The first-order chi connectivity index (χ1) is 8.64. The van der Waals surface area contributed by atoms with E-state index < -0.39 is 5.60 Å². The summed E-state index contributed by atoms with van der Waals surface area (Å²) < 4.78 is 0.984. The maximum absolute atomic E-state index is 10.8. The number of nitrogens with zero attached hydrogens (tertiary/aromatic N) is 1. The van der Waals surface area contributed by atoms with Crippen LogP contribution in [0.15, 0.2) is 53.3 Å². The van der Waals surface area contributed by atoms with Crippen LogP contribution in [0.4, 0.5) is 0 Å². The molecule has 2 aromatic rings. The minimum Gasteiger partial charge on any atom is -0.385 e. The number of aliphatic hydroxyl groups is 1. The lowest BCUT2D eigenvalue weighted by atomic mass is 9.85. The van der Waals surface area contributed by atoms with Gasteiger partial charge in [-0.2, -0.15) is 0 Å². The molecule has 3 heteroatoms. The standard InChI is InChI=1S/C15H16BrNO/c1-2-15(18,10-12-5-4-8-17-11-12)13-6-3-7-14(16)9-13/h3-9,11,18H,2,10H2,1H3. The Hall–Kier alpha value is -1.19. The van der Waals surface area contributed by atoms with E-state index in [9.17, 15) is 5.11 Å². The molecule has 1 heterocycles. The zero-order valence-corrected chi connectivity index (χ0v) is 11.9. The third-order valence-electron chi connectivity index (χ3n) is 3.17. The van der Waals surface area contributed by atoms with E-state index in [1.807, 2.05) is 43.3 Å². The number of pyridine rings is 1. The lowest BCUT2D eigenvalue weighted by Gasteiger charge is -2.27. The van der Waals surface area contributed by atoms with Crippen molar-refractivity contribution < 1.29 is 5.11 Å². The number of benzene rings is 1. The Morgan fingerprint density at radius 2 is 2.11 bits per heavy atom. The summed E-state index contributed by atoms with van der Waals surface area (Å²) in [5.74, 6) is 0. The van der Waals surface area contributed by atoms with Crippen molar-refractivity contribution in [2.24, 2.45) is 0 Å². The second-order valence-corrected chi connectivity index (χ2v) is 5.35. The normalized spacial score (nSPS) is 14.2. The van der Waals surface area contributed by atoms with E-state index in [4.69, 9.17) is 0 Å². The first kappa shape index (κ1) is 13.2. The first-order valence-electron chi connectivity index (χ1n) is 6.01. The zero-order valence-electron chi connectivity index (χ0n) is 10.3. The van der Waals surface area contributed by atoms with Crippen molar-refractivity contribution in [3.63, 3.8) is 0 Å². The molecule has 1 unspecified atom stereocenters. The molecule has 0 saturated carbocycles. The second kappa shape index (κ2) is 5.63. The molecule has 2 rings (SSSR count). The average Bonchev–Trinajstić information content (AvgIpc) is 2.40. The number of halogens is 1. The lowest BCUT2D eigenvalue weighted by molar-refractivity contribution is 0.0326. The molecule has 1 aromatic heterocycles. The van der Waals surface area contributed by atoms with E-state index in [-0.39, 0.29) is 0 Å². The highest BCUT2D eigenvalue weighted by atomic mass is 79.9. The van der Waals surface area contributed by atoms with Crippen molar-refractivity contribution in [3.8, 4) is 0 Å². The van der Waals surface area contributed by atoms with Gasteiger partial charge in [-0.05, 0) is 35.7 Å². The van der Waals surface area contributed by atoms with E-state index in [0.29, 0.717) is 12.8 Å². The molecule has 0 amide bonds. The van der Waals surface area contributed by atoms with Gasteiger partial charge in [-0.1, -0.05) is 41.1 Å². The van der Waals surface area contributed by atoms with Crippen LogP contribution in [-0.4, -0.2) is 10.1 Å². The summed E-state index contributed by atoms with van der Waals surface area (Å²) in [6.45, 7) is 2.00. The molecule has 0 spiro atoms. The maximum Gasteiger partial charge on any atom is 0.0935 e. The van der Waals surface area contributed by atoms with Gasteiger partial charge in [0.25, 0.3) is 0 Å². The van der Waals surface area contributed by atoms with Crippen molar-refractivity contribution in [3.05, 3.63) is 64.4 Å². The molecule has 0 bridgehead atoms. The van der Waals surface area contributed by atoms with Crippen molar-refractivity contribution in [2.75, 3.05) is 0 Å². The van der Waals surface area contributed by atoms with Gasteiger partial charge in [-0.3, -0.25) is 4.98 Å². The van der Waals surface area contributed by atoms with E-state index in [0.717, 1.165) is 15.6 Å². The van der Waals surface area contributed by atoms with Crippen LogP contribution in [0.25, 0.3) is 0 Å². The summed E-state index contributed by atoms with van der Waals surface area (Å²) in [7, 11) is 0. The zero-order chi connectivity index (χ0) is 13.0. The molecule has 1 N–H and O–H groups in total. The van der Waals surface area contributed by atoms with E-state index in [1.54, 1.807) is 12.4 Å². The van der Waals surface area contributed by atoms with Crippen LogP contribution in [0.2, 0.25) is 0 Å². The molecule has 0 aliphatic rings. The molecule has 0 aliphatic carbocycles. The average molecular weight is 306 g/mol. The monoisotopic (exact) mass is 305 g/mol.